The SMILES string of the molecule is Cc1cccc(N2CCN(C(=O)c3[nH]c(C)c(S(=O)(=O)N4CCOCC4)c3C)CC2)c1C. The van der Waals surface area contributed by atoms with Gasteiger partial charge in [0.05, 0.1) is 13.2 Å². The molecular weight excluding hydrogens is 428 g/mol. The number of benzene rings is 1. The van der Waals surface area contributed by atoms with Gasteiger partial charge in [0, 0.05) is 50.6 Å². The molecule has 2 saturated heterocycles. The van der Waals surface area contributed by atoms with Gasteiger partial charge >= 0.3 is 0 Å². The summed E-state index contributed by atoms with van der Waals surface area (Å²) in [6.07, 6.45) is 0. The van der Waals surface area contributed by atoms with Crippen LogP contribution in [-0.4, -0.2) is 81.0 Å². The average molecular weight is 461 g/mol. The van der Waals surface area contributed by atoms with Crippen molar-refractivity contribution in [3.63, 3.8) is 0 Å². The molecule has 8 nitrogen and oxygen atoms in total. The van der Waals surface area contributed by atoms with Gasteiger partial charge in [0.2, 0.25) is 10.0 Å². The minimum Gasteiger partial charge on any atom is -0.379 e. The van der Waals surface area contributed by atoms with Crippen molar-refractivity contribution in [1.82, 2.24) is 14.2 Å². The van der Waals surface area contributed by atoms with Crippen LogP contribution in [0.3, 0.4) is 0 Å². The lowest BCUT2D eigenvalue weighted by Crippen LogP contribution is -2.49. The van der Waals surface area contributed by atoms with Crippen LogP contribution in [0, 0.1) is 27.7 Å². The van der Waals surface area contributed by atoms with Gasteiger partial charge < -0.3 is 19.5 Å². The molecule has 4 rings (SSSR count). The van der Waals surface area contributed by atoms with E-state index in [0.717, 1.165) is 13.1 Å². The molecule has 0 radical (unpaired) electrons. The van der Waals surface area contributed by atoms with Crippen LogP contribution in [0.2, 0.25) is 0 Å². The largest absolute Gasteiger partial charge is 0.379 e. The van der Waals surface area contributed by atoms with Crippen molar-refractivity contribution in [2.45, 2.75) is 32.6 Å². The zero-order valence-electron chi connectivity index (χ0n) is 19.3. The van der Waals surface area contributed by atoms with Gasteiger partial charge in [-0.3, -0.25) is 4.79 Å². The number of aromatic nitrogens is 1. The molecule has 32 heavy (non-hydrogen) atoms. The van der Waals surface area contributed by atoms with Gasteiger partial charge in [0.1, 0.15) is 10.6 Å². The van der Waals surface area contributed by atoms with Crippen molar-refractivity contribution in [2.24, 2.45) is 0 Å². The molecule has 2 aliphatic rings. The summed E-state index contributed by atoms with van der Waals surface area (Å²) in [7, 11) is -3.68. The van der Waals surface area contributed by atoms with Crippen molar-refractivity contribution in [3.05, 3.63) is 46.3 Å². The van der Waals surface area contributed by atoms with E-state index in [-0.39, 0.29) is 10.8 Å². The van der Waals surface area contributed by atoms with E-state index in [4.69, 9.17) is 4.74 Å². The van der Waals surface area contributed by atoms with Gasteiger partial charge in [0.25, 0.3) is 5.91 Å². The second-order valence-corrected chi connectivity index (χ2v) is 10.5. The number of ether oxygens (including phenoxy) is 1. The van der Waals surface area contributed by atoms with Crippen molar-refractivity contribution in [1.29, 1.82) is 0 Å². The highest BCUT2D eigenvalue weighted by Crippen LogP contribution is 2.29. The number of aryl methyl sites for hydroxylation is 2. The van der Waals surface area contributed by atoms with E-state index in [0.29, 0.717) is 56.3 Å². The molecule has 9 heteroatoms. The minimum atomic E-state index is -3.68. The number of nitrogens with one attached hydrogen (secondary N) is 1. The second-order valence-electron chi connectivity index (χ2n) is 8.59. The van der Waals surface area contributed by atoms with Crippen LogP contribution < -0.4 is 4.90 Å². The Hall–Kier alpha value is -2.36. The van der Waals surface area contributed by atoms with Crippen LogP contribution in [0.1, 0.15) is 32.9 Å². The predicted octanol–water partition coefficient (Wildman–Crippen LogP) is 2.23. The molecule has 3 heterocycles. The summed E-state index contributed by atoms with van der Waals surface area (Å²) in [5.41, 5.74) is 5.10. The lowest BCUT2D eigenvalue weighted by molar-refractivity contribution is 0.0729. The van der Waals surface area contributed by atoms with E-state index >= 15 is 0 Å². The molecule has 0 bridgehead atoms. The fourth-order valence-electron chi connectivity index (χ4n) is 4.64. The Morgan fingerprint density at radius 2 is 1.59 bits per heavy atom. The number of hydrogen-bond acceptors (Lipinski definition) is 5. The molecule has 2 aliphatic heterocycles. The third-order valence-electron chi connectivity index (χ3n) is 6.63. The molecule has 0 spiro atoms. The third kappa shape index (κ3) is 4.04. The first-order valence-electron chi connectivity index (χ1n) is 11.1. The summed E-state index contributed by atoms with van der Waals surface area (Å²) in [5.74, 6) is -0.144. The lowest BCUT2D eigenvalue weighted by atomic mass is 10.1. The Bertz CT molecular complexity index is 1110. The summed E-state index contributed by atoms with van der Waals surface area (Å²) in [5, 5.41) is 0. The van der Waals surface area contributed by atoms with Crippen LogP contribution >= 0.6 is 0 Å². The summed E-state index contributed by atoms with van der Waals surface area (Å²) in [4.78, 5) is 20.7. The normalized spacial score (nSPS) is 18.2. The molecular formula is C23H32N4O4S. The number of sulfonamides is 1. The molecule has 2 aromatic rings. The number of anilines is 1. The maximum absolute atomic E-state index is 13.3. The van der Waals surface area contributed by atoms with Crippen molar-refractivity contribution >= 4 is 21.6 Å². The molecule has 0 aliphatic carbocycles. The number of carbonyl (C=O) groups is 1. The topological polar surface area (TPSA) is 86.0 Å². The number of morpholine rings is 1. The van der Waals surface area contributed by atoms with E-state index in [1.165, 1.54) is 21.1 Å². The van der Waals surface area contributed by atoms with Crippen LogP contribution in [0.4, 0.5) is 5.69 Å². The quantitative estimate of drug-likeness (QED) is 0.756. The Kier molecular flexibility index (Phi) is 6.33. The monoisotopic (exact) mass is 460 g/mol. The van der Waals surface area contributed by atoms with Gasteiger partial charge in [-0.25, -0.2) is 8.42 Å². The molecule has 1 aromatic heterocycles. The molecule has 1 amide bonds. The number of nitrogens with zero attached hydrogens (tertiary/aromatic N) is 3. The summed E-state index contributed by atoms with van der Waals surface area (Å²) >= 11 is 0. The number of H-pyrrole nitrogens is 1. The fourth-order valence-corrected chi connectivity index (χ4v) is 6.45. The van der Waals surface area contributed by atoms with Crippen molar-refractivity contribution < 1.29 is 17.9 Å². The third-order valence-corrected chi connectivity index (χ3v) is 8.81. The average Bonchev–Trinajstić information content (AvgIpc) is 3.10. The predicted molar refractivity (Wildman–Crippen MR) is 124 cm³/mol. The first-order chi connectivity index (χ1) is 15.2. The van der Waals surface area contributed by atoms with Crippen LogP contribution in [-0.2, 0) is 14.8 Å². The number of rotatable bonds is 4. The van der Waals surface area contributed by atoms with Crippen molar-refractivity contribution in [3.8, 4) is 0 Å². The Morgan fingerprint density at radius 1 is 0.938 bits per heavy atom. The van der Waals surface area contributed by atoms with E-state index in [2.05, 4.69) is 41.9 Å². The molecule has 1 aromatic carbocycles. The molecule has 0 unspecified atom stereocenters. The summed E-state index contributed by atoms with van der Waals surface area (Å²) in [6, 6.07) is 6.30. The molecule has 0 atom stereocenters. The van der Waals surface area contributed by atoms with Crippen LogP contribution in [0.15, 0.2) is 23.1 Å². The Labute approximate surface area is 190 Å². The number of aromatic amines is 1. The summed E-state index contributed by atoms with van der Waals surface area (Å²) in [6.45, 7) is 11.8. The smallest absolute Gasteiger partial charge is 0.270 e. The number of carbonyl (C=O) groups excluding carboxylic acids is 1. The van der Waals surface area contributed by atoms with Gasteiger partial charge in [0.15, 0.2) is 0 Å². The first kappa shape index (κ1) is 22.8. The van der Waals surface area contributed by atoms with Gasteiger partial charge in [-0.15, -0.1) is 0 Å². The fraction of sp³-hybridized carbons (Fsp3) is 0.522. The van der Waals surface area contributed by atoms with E-state index in [9.17, 15) is 13.2 Å². The number of amides is 1. The highest BCUT2D eigenvalue weighted by Gasteiger charge is 2.34. The maximum atomic E-state index is 13.3. The van der Waals surface area contributed by atoms with Gasteiger partial charge in [-0.1, -0.05) is 12.1 Å². The highest BCUT2D eigenvalue weighted by atomic mass is 32.2. The second kappa shape index (κ2) is 8.88. The highest BCUT2D eigenvalue weighted by molar-refractivity contribution is 7.89. The minimum absolute atomic E-state index is 0.144. The van der Waals surface area contributed by atoms with E-state index < -0.39 is 10.0 Å². The molecule has 1 N–H and O–H groups in total. The zero-order chi connectivity index (χ0) is 23.0. The van der Waals surface area contributed by atoms with Crippen LogP contribution in [0.5, 0.6) is 0 Å². The number of piperazine rings is 1. The standard InChI is InChI=1S/C23H32N4O4S/c1-16-6-5-7-20(17(16)2)25-8-10-26(11-9-25)23(28)21-18(3)22(19(4)24-21)32(29,30)27-12-14-31-15-13-27/h5-7,24H,8-15H2,1-4H3. The van der Waals surface area contributed by atoms with E-state index in [1.54, 1.807) is 13.8 Å². The van der Waals surface area contributed by atoms with Gasteiger partial charge in [-0.2, -0.15) is 4.31 Å². The molecule has 2 fully saturated rings. The lowest BCUT2D eigenvalue weighted by Gasteiger charge is -2.37. The Balaban J connectivity index is 1.51. The Morgan fingerprint density at radius 3 is 2.25 bits per heavy atom. The maximum Gasteiger partial charge on any atom is 0.270 e. The number of hydrogen-bond donors (Lipinski definition) is 1. The van der Waals surface area contributed by atoms with Crippen LogP contribution in [0.25, 0.3) is 0 Å². The first-order valence-corrected chi connectivity index (χ1v) is 12.5. The van der Waals surface area contributed by atoms with Crippen molar-refractivity contribution in [2.75, 3.05) is 57.4 Å². The summed E-state index contributed by atoms with van der Waals surface area (Å²) < 4.78 is 33.2. The van der Waals surface area contributed by atoms with E-state index in [1.807, 2.05) is 4.90 Å². The molecule has 174 valence electrons. The van der Waals surface area contributed by atoms with Gasteiger partial charge in [-0.05, 0) is 50.5 Å². The molecule has 0 saturated carbocycles. The zero-order valence-corrected chi connectivity index (χ0v) is 20.1.